The maximum atomic E-state index is 15.4. The van der Waals surface area contributed by atoms with E-state index in [1.807, 2.05) is 10.6 Å². The molecule has 1 N–H and O–H groups in total. The summed E-state index contributed by atoms with van der Waals surface area (Å²) >= 11 is 0. The molecule has 11 heteroatoms. The summed E-state index contributed by atoms with van der Waals surface area (Å²) in [5.74, 6) is -0.355. The van der Waals surface area contributed by atoms with Gasteiger partial charge in [-0.25, -0.2) is 9.37 Å². The number of nitrogens with zero attached hydrogens (tertiary/aromatic N) is 5. The number of aliphatic hydroxyl groups is 1. The lowest BCUT2D eigenvalue weighted by atomic mass is 9.59. The van der Waals surface area contributed by atoms with Gasteiger partial charge in [-0.3, -0.25) is 9.78 Å². The van der Waals surface area contributed by atoms with Crippen LogP contribution in [0.25, 0.3) is 22.2 Å². The van der Waals surface area contributed by atoms with Crippen LogP contribution in [0.4, 0.5) is 13.2 Å². The van der Waals surface area contributed by atoms with Crippen molar-refractivity contribution in [1.29, 1.82) is 5.26 Å². The zero-order valence-corrected chi connectivity index (χ0v) is 22.1. The number of imidazole rings is 1. The van der Waals surface area contributed by atoms with Crippen molar-refractivity contribution in [3.05, 3.63) is 77.1 Å². The molecule has 1 amide bonds. The Balaban J connectivity index is 1.34. The van der Waals surface area contributed by atoms with Crippen LogP contribution in [0, 0.1) is 17.1 Å². The Labute approximate surface area is 232 Å². The van der Waals surface area contributed by atoms with Gasteiger partial charge in [0.2, 0.25) is 0 Å². The fraction of sp³-hybridized carbons (Fsp3) is 0.333. The summed E-state index contributed by atoms with van der Waals surface area (Å²) in [4.78, 5) is 24.0. The van der Waals surface area contributed by atoms with Crippen molar-refractivity contribution in [2.75, 3.05) is 7.05 Å². The zero-order valence-electron chi connectivity index (χ0n) is 22.1. The SMILES string of the molecule is CN1C(=O)c2cccc(OC(F)F)c2[C@@H]2CC1c1nc3ccc(-c4cnc([C@]5(C#N)C[C@@](C)(O)C5)c(F)c4)cc3n12. The third-order valence-electron chi connectivity index (χ3n) is 8.61. The Morgan fingerprint density at radius 3 is 2.63 bits per heavy atom. The van der Waals surface area contributed by atoms with Crippen molar-refractivity contribution < 1.29 is 27.8 Å². The first-order valence-electron chi connectivity index (χ1n) is 13.2. The second-order valence-electron chi connectivity index (χ2n) is 11.4. The number of carbonyl (C=O) groups excluding carboxylic acids is 1. The summed E-state index contributed by atoms with van der Waals surface area (Å²) in [6, 6.07) is 12.6. The van der Waals surface area contributed by atoms with Gasteiger partial charge >= 0.3 is 6.61 Å². The van der Waals surface area contributed by atoms with Gasteiger partial charge in [-0.2, -0.15) is 14.0 Å². The molecule has 2 aromatic carbocycles. The molecule has 2 bridgehead atoms. The topological polar surface area (TPSA) is 104 Å². The first-order valence-corrected chi connectivity index (χ1v) is 13.2. The second-order valence-corrected chi connectivity index (χ2v) is 11.4. The van der Waals surface area contributed by atoms with E-state index < -0.39 is 29.5 Å². The molecule has 0 radical (unpaired) electrons. The first-order chi connectivity index (χ1) is 19.5. The summed E-state index contributed by atoms with van der Waals surface area (Å²) in [7, 11) is 1.67. The van der Waals surface area contributed by atoms with E-state index in [1.54, 1.807) is 37.1 Å². The van der Waals surface area contributed by atoms with E-state index in [0.717, 1.165) is 0 Å². The van der Waals surface area contributed by atoms with E-state index in [4.69, 9.17) is 9.72 Å². The minimum Gasteiger partial charge on any atom is -0.434 e. The normalized spacial score (nSPS) is 26.4. The fourth-order valence-corrected chi connectivity index (χ4v) is 6.95. The number of nitriles is 1. The summed E-state index contributed by atoms with van der Waals surface area (Å²) < 4.78 is 48.9. The molecular weight excluding hydrogens is 535 g/mol. The average Bonchev–Trinajstić information content (AvgIpc) is 3.44. The number of alkyl halides is 2. The standard InChI is InChI=1S/C30H24F3N5O3/c1-29(40)12-30(13-29,14-34)25-18(31)8-16(11-35-25)15-6-7-19-20(9-15)38-21-10-22(26(38)36-19)37(2)27(39)17-4-3-5-23(24(17)21)41-28(32)33/h3-9,11,21-22,28,40H,10,12-13H2,1-2H3/t21-,22?,29-,30-/m0/s1. The molecule has 4 heterocycles. The first kappa shape index (κ1) is 25.5. The highest BCUT2D eigenvalue weighted by Gasteiger charge is 2.55. The number of ether oxygens (including phenoxy) is 1. The monoisotopic (exact) mass is 559 g/mol. The largest absolute Gasteiger partial charge is 0.434 e. The van der Waals surface area contributed by atoms with E-state index in [-0.39, 0.29) is 36.2 Å². The number of amides is 1. The van der Waals surface area contributed by atoms with Crippen LogP contribution >= 0.6 is 0 Å². The molecule has 8 nitrogen and oxygen atoms in total. The van der Waals surface area contributed by atoms with Crippen LogP contribution in [0.2, 0.25) is 0 Å². The van der Waals surface area contributed by atoms with Gasteiger partial charge in [-0.1, -0.05) is 12.1 Å². The van der Waals surface area contributed by atoms with Gasteiger partial charge in [0.05, 0.1) is 40.5 Å². The predicted octanol–water partition coefficient (Wildman–Crippen LogP) is 5.26. The van der Waals surface area contributed by atoms with E-state index >= 15 is 4.39 Å². The van der Waals surface area contributed by atoms with Gasteiger partial charge in [0, 0.05) is 49.2 Å². The van der Waals surface area contributed by atoms with Gasteiger partial charge in [-0.05, 0) is 42.8 Å². The van der Waals surface area contributed by atoms with Gasteiger partial charge < -0.3 is 19.3 Å². The van der Waals surface area contributed by atoms with Crippen LogP contribution in [0.5, 0.6) is 5.75 Å². The molecule has 0 saturated heterocycles. The number of aromatic nitrogens is 3. The smallest absolute Gasteiger partial charge is 0.387 e. The van der Waals surface area contributed by atoms with E-state index in [9.17, 15) is 23.9 Å². The maximum absolute atomic E-state index is 15.4. The van der Waals surface area contributed by atoms with Gasteiger partial charge in [0.1, 0.15) is 22.8 Å². The van der Waals surface area contributed by atoms with Crippen molar-refractivity contribution in [3.8, 4) is 22.9 Å². The summed E-state index contributed by atoms with van der Waals surface area (Å²) in [5, 5.41) is 19.9. The Kier molecular flexibility index (Phi) is 5.32. The van der Waals surface area contributed by atoms with Crippen molar-refractivity contribution in [1.82, 2.24) is 19.4 Å². The molecule has 1 aliphatic carbocycles. The van der Waals surface area contributed by atoms with Crippen LogP contribution in [0.1, 0.15) is 65.7 Å². The average molecular weight is 560 g/mol. The van der Waals surface area contributed by atoms with E-state index in [2.05, 4.69) is 11.1 Å². The number of halogens is 3. The number of pyridine rings is 1. The number of benzene rings is 2. The molecule has 41 heavy (non-hydrogen) atoms. The lowest BCUT2D eigenvalue weighted by molar-refractivity contribution is -0.0579. The highest BCUT2D eigenvalue weighted by Crippen LogP contribution is 2.51. The van der Waals surface area contributed by atoms with Crippen LogP contribution in [-0.2, 0) is 5.41 Å². The van der Waals surface area contributed by atoms with Crippen molar-refractivity contribution in [3.63, 3.8) is 0 Å². The molecule has 2 aliphatic heterocycles. The summed E-state index contributed by atoms with van der Waals surface area (Å²) in [6.45, 7) is -1.45. The number of carbonyl (C=O) groups is 1. The number of fused-ring (bicyclic) bond motifs is 9. The fourth-order valence-electron chi connectivity index (χ4n) is 6.95. The Morgan fingerprint density at radius 2 is 1.95 bits per heavy atom. The number of hydrogen-bond donors (Lipinski definition) is 1. The molecule has 0 spiro atoms. The van der Waals surface area contributed by atoms with Crippen LogP contribution in [0.3, 0.4) is 0 Å². The summed E-state index contributed by atoms with van der Waals surface area (Å²) in [5.41, 5.74) is 0.941. The third-order valence-corrected chi connectivity index (χ3v) is 8.61. The summed E-state index contributed by atoms with van der Waals surface area (Å²) in [6.07, 6.45) is 2.15. The molecule has 2 aromatic heterocycles. The predicted molar refractivity (Wildman–Crippen MR) is 141 cm³/mol. The van der Waals surface area contributed by atoms with E-state index in [0.29, 0.717) is 45.5 Å². The minimum atomic E-state index is -3.06. The number of hydrogen-bond acceptors (Lipinski definition) is 6. The third kappa shape index (κ3) is 3.67. The van der Waals surface area contributed by atoms with Crippen LogP contribution in [0.15, 0.2) is 48.7 Å². The zero-order chi connectivity index (χ0) is 28.8. The van der Waals surface area contributed by atoms with E-state index in [1.165, 1.54) is 24.4 Å². The van der Waals surface area contributed by atoms with Gasteiger partial charge in [0.25, 0.3) is 5.91 Å². The lowest BCUT2D eigenvalue weighted by Crippen LogP contribution is -2.52. The Bertz CT molecular complexity index is 1800. The highest BCUT2D eigenvalue weighted by atomic mass is 19.3. The van der Waals surface area contributed by atoms with Crippen molar-refractivity contribution >= 4 is 16.9 Å². The minimum absolute atomic E-state index is 0.0162. The molecule has 4 aromatic rings. The molecule has 3 aliphatic rings. The number of rotatable bonds is 4. The lowest BCUT2D eigenvalue weighted by Gasteiger charge is -2.46. The molecule has 1 saturated carbocycles. The van der Waals surface area contributed by atoms with Crippen molar-refractivity contribution in [2.24, 2.45) is 0 Å². The van der Waals surface area contributed by atoms with Crippen molar-refractivity contribution in [2.45, 2.75) is 55.9 Å². The van der Waals surface area contributed by atoms with Gasteiger partial charge in [-0.15, -0.1) is 0 Å². The second kappa shape index (κ2) is 8.54. The molecule has 7 rings (SSSR count). The molecule has 208 valence electrons. The van der Waals surface area contributed by atoms with Crippen LogP contribution in [-0.4, -0.2) is 49.7 Å². The molecule has 2 atom stereocenters. The quantitative estimate of drug-likeness (QED) is 0.366. The molecule has 1 fully saturated rings. The Morgan fingerprint density at radius 1 is 1.17 bits per heavy atom. The molecule has 1 unspecified atom stereocenters. The van der Waals surface area contributed by atoms with Gasteiger partial charge in [0.15, 0.2) is 0 Å². The maximum Gasteiger partial charge on any atom is 0.387 e. The Hall–Kier alpha value is -4.43. The molecular formula is C30H24F3N5O3. The highest BCUT2D eigenvalue weighted by molar-refractivity contribution is 5.98. The van der Waals surface area contributed by atoms with Crippen LogP contribution < -0.4 is 4.74 Å².